The van der Waals surface area contributed by atoms with Crippen LogP contribution in [-0.2, 0) is 16.0 Å². The number of nitrogens with one attached hydrogen (secondary N) is 2. The molecular formula is C12H13FN2O2. The predicted molar refractivity (Wildman–Crippen MR) is 59.1 cm³/mol. The maximum atomic E-state index is 12.8. The molecule has 0 aliphatic heterocycles. The summed E-state index contributed by atoms with van der Waals surface area (Å²) in [5.41, 5.74) is 5.23. The van der Waals surface area contributed by atoms with E-state index in [9.17, 15) is 14.0 Å². The summed E-state index contributed by atoms with van der Waals surface area (Å²) in [6, 6.07) is 5.81. The van der Waals surface area contributed by atoms with E-state index in [1.807, 2.05) is 0 Å². The second-order valence-corrected chi connectivity index (χ2v) is 4.12. The highest BCUT2D eigenvalue weighted by Gasteiger charge is 2.29. The van der Waals surface area contributed by atoms with Crippen LogP contribution in [0.5, 0.6) is 0 Å². The highest BCUT2D eigenvalue weighted by atomic mass is 19.1. The Bertz CT molecular complexity index is 444. The smallest absolute Gasteiger partial charge is 0.242 e. The zero-order valence-corrected chi connectivity index (χ0v) is 9.20. The van der Waals surface area contributed by atoms with E-state index in [-0.39, 0.29) is 30.0 Å². The molecule has 1 saturated carbocycles. The zero-order chi connectivity index (χ0) is 12.3. The first-order valence-corrected chi connectivity index (χ1v) is 5.48. The number of benzene rings is 1. The van der Waals surface area contributed by atoms with Crippen molar-refractivity contribution in [3.63, 3.8) is 0 Å². The molecule has 0 unspecified atom stereocenters. The normalized spacial score (nSPS) is 14.2. The second kappa shape index (κ2) is 4.95. The molecule has 2 amide bonds. The monoisotopic (exact) mass is 236 g/mol. The average Bonchev–Trinajstić information content (AvgIpc) is 3.09. The van der Waals surface area contributed by atoms with Gasteiger partial charge in [-0.05, 0) is 30.5 Å². The van der Waals surface area contributed by atoms with Crippen LogP contribution in [0.4, 0.5) is 4.39 Å². The molecule has 0 atom stereocenters. The lowest BCUT2D eigenvalue weighted by Gasteiger charge is -2.06. The van der Waals surface area contributed by atoms with Crippen molar-refractivity contribution in [2.45, 2.75) is 19.3 Å². The van der Waals surface area contributed by atoms with Crippen LogP contribution in [0.25, 0.3) is 0 Å². The first kappa shape index (κ1) is 11.6. The molecule has 2 rings (SSSR count). The van der Waals surface area contributed by atoms with Gasteiger partial charge >= 0.3 is 0 Å². The molecule has 90 valence electrons. The Labute approximate surface area is 98.2 Å². The standard InChI is InChI=1S/C12H13FN2O2/c13-10-3-1-2-8(6-10)7-11(16)14-15-12(17)9-4-5-9/h1-3,6,9H,4-5,7H2,(H,14,16)(H,15,17). The fraction of sp³-hybridized carbons (Fsp3) is 0.333. The SMILES string of the molecule is O=C(Cc1cccc(F)c1)NNC(=O)C1CC1. The number of hydrogen-bond acceptors (Lipinski definition) is 2. The third kappa shape index (κ3) is 3.55. The van der Waals surface area contributed by atoms with Crippen LogP contribution in [0.1, 0.15) is 18.4 Å². The molecule has 2 N–H and O–H groups in total. The molecule has 0 heterocycles. The van der Waals surface area contributed by atoms with Crippen molar-refractivity contribution < 1.29 is 14.0 Å². The number of carbonyl (C=O) groups is 2. The van der Waals surface area contributed by atoms with Gasteiger partial charge in [0.2, 0.25) is 11.8 Å². The molecule has 0 spiro atoms. The lowest BCUT2D eigenvalue weighted by molar-refractivity contribution is -0.129. The van der Waals surface area contributed by atoms with Crippen molar-refractivity contribution in [1.29, 1.82) is 0 Å². The number of halogens is 1. The zero-order valence-electron chi connectivity index (χ0n) is 9.20. The van der Waals surface area contributed by atoms with E-state index in [1.54, 1.807) is 12.1 Å². The van der Waals surface area contributed by atoms with Gasteiger partial charge in [0.25, 0.3) is 0 Å². The van der Waals surface area contributed by atoms with E-state index in [2.05, 4.69) is 10.9 Å². The number of carbonyl (C=O) groups excluding carboxylic acids is 2. The molecule has 4 nitrogen and oxygen atoms in total. The molecule has 5 heteroatoms. The Kier molecular flexibility index (Phi) is 3.37. The summed E-state index contributed by atoms with van der Waals surface area (Å²) < 4.78 is 12.8. The summed E-state index contributed by atoms with van der Waals surface area (Å²) in [5.74, 6) is -0.844. The summed E-state index contributed by atoms with van der Waals surface area (Å²) in [7, 11) is 0. The van der Waals surface area contributed by atoms with E-state index in [0.717, 1.165) is 12.8 Å². The van der Waals surface area contributed by atoms with Crippen molar-refractivity contribution in [1.82, 2.24) is 10.9 Å². The summed E-state index contributed by atoms with van der Waals surface area (Å²) in [4.78, 5) is 22.7. The van der Waals surface area contributed by atoms with Gasteiger partial charge in [-0.15, -0.1) is 0 Å². The first-order chi connectivity index (χ1) is 8.15. The number of hydrogen-bond donors (Lipinski definition) is 2. The molecule has 0 aromatic heterocycles. The van der Waals surface area contributed by atoms with Crippen LogP contribution in [0.15, 0.2) is 24.3 Å². The van der Waals surface area contributed by atoms with E-state index in [1.165, 1.54) is 12.1 Å². The van der Waals surface area contributed by atoms with Crippen LogP contribution in [0, 0.1) is 11.7 Å². The Morgan fingerprint density at radius 3 is 2.71 bits per heavy atom. The van der Waals surface area contributed by atoms with Crippen molar-refractivity contribution in [2.75, 3.05) is 0 Å². The van der Waals surface area contributed by atoms with E-state index in [4.69, 9.17) is 0 Å². The second-order valence-electron chi connectivity index (χ2n) is 4.12. The third-order valence-corrected chi connectivity index (χ3v) is 2.53. The van der Waals surface area contributed by atoms with Crippen LogP contribution in [0.3, 0.4) is 0 Å². The van der Waals surface area contributed by atoms with Gasteiger partial charge in [0, 0.05) is 5.92 Å². The topological polar surface area (TPSA) is 58.2 Å². The molecule has 0 saturated heterocycles. The molecule has 1 fully saturated rings. The lowest BCUT2D eigenvalue weighted by atomic mass is 10.1. The highest BCUT2D eigenvalue weighted by Crippen LogP contribution is 2.28. The molecule has 0 bridgehead atoms. The number of rotatable bonds is 3. The van der Waals surface area contributed by atoms with Gasteiger partial charge in [0.15, 0.2) is 0 Å². The molecule has 1 aliphatic rings. The van der Waals surface area contributed by atoms with Crippen molar-refractivity contribution >= 4 is 11.8 Å². The van der Waals surface area contributed by atoms with Crippen LogP contribution < -0.4 is 10.9 Å². The van der Waals surface area contributed by atoms with Crippen LogP contribution in [0.2, 0.25) is 0 Å². The Balaban J connectivity index is 1.78. The summed E-state index contributed by atoms with van der Waals surface area (Å²) in [6.07, 6.45) is 1.81. The number of hydrazine groups is 1. The van der Waals surface area contributed by atoms with Gasteiger partial charge in [-0.25, -0.2) is 4.39 Å². The first-order valence-electron chi connectivity index (χ1n) is 5.48. The predicted octanol–water partition coefficient (Wildman–Crippen LogP) is 0.926. The molecule has 1 aromatic carbocycles. The molecule has 0 radical (unpaired) electrons. The van der Waals surface area contributed by atoms with Gasteiger partial charge in [0.1, 0.15) is 5.82 Å². The lowest BCUT2D eigenvalue weighted by Crippen LogP contribution is -2.43. The van der Waals surface area contributed by atoms with Crippen LogP contribution in [-0.4, -0.2) is 11.8 Å². The third-order valence-electron chi connectivity index (χ3n) is 2.53. The van der Waals surface area contributed by atoms with Gasteiger partial charge in [-0.1, -0.05) is 12.1 Å². The Morgan fingerprint density at radius 2 is 2.06 bits per heavy atom. The summed E-state index contributed by atoms with van der Waals surface area (Å²) in [5, 5.41) is 0. The average molecular weight is 236 g/mol. The molecule has 1 aromatic rings. The Hall–Kier alpha value is -1.91. The van der Waals surface area contributed by atoms with E-state index in [0.29, 0.717) is 5.56 Å². The minimum absolute atomic E-state index is 0.0444. The van der Waals surface area contributed by atoms with Gasteiger partial charge < -0.3 is 0 Å². The maximum Gasteiger partial charge on any atom is 0.242 e. The fourth-order valence-electron chi connectivity index (χ4n) is 1.46. The van der Waals surface area contributed by atoms with Gasteiger partial charge in [-0.3, -0.25) is 20.4 Å². The minimum Gasteiger partial charge on any atom is -0.273 e. The highest BCUT2D eigenvalue weighted by molar-refractivity contribution is 5.85. The fourth-order valence-corrected chi connectivity index (χ4v) is 1.46. The largest absolute Gasteiger partial charge is 0.273 e. The summed E-state index contributed by atoms with van der Waals surface area (Å²) >= 11 is 0. The minimum atomic E-state index is -0.377. The molecular weight excluding hydrogens is 223 g/mol. The van der Waals surface area contributed by atoms with E-state index < -0.39 is 0 Å². The van der Waals surface area contributed by atoms with E-state index >= 15 is 0 Å². The van der Waals surface area contributed by atoms with Crippen molar-refractivity contribution in [2.24, 2.45) is 5.92 Å². The van der Waals surface area contributed by atoms with Crippen LogP contribution >= 0.6 is 0 Å². The summed E-state index contributed by atoms with van der Waals surface area (Å²) in [6.45, 7) is 0. The molecule has 17 heavy (non-hydrogen) atoms. The van der Waals surface area contributed by atoms with Gasteiger partial charge in [0.05, 0.1) is 6.42 Å². The Morgan fingerprint density at radius 1 is 1.29 bits per heavy atom. The number of amides is 2. The van der Waals surface area contributed by atoms with Crippen molar-refractivity contribution in [3.05, 3.63) is 35.6 Å². The molecule has 1 aliphatic carbocycles. The van der Waals surface area contributed by atoms with Crippen molar-refractivity contribution in [3.8, 4) is 0 Å². The maximum absolute atomic E-state index is 12.8. The quantitative estimate of drug-likeness (QED) is 0.767. The van der Waals surface area contributed by atoms with Gasteiger partial charge in [-0.2, -0.15) is 0 Å².